The van der Waals surface area contributed by atoms with Crippen LogP contribution in [0, 0.1) is 11.8 Å². The number of carbonyl (C=O) groups is 1. The molecule has 116 valence electrons. The highest BCUT2D eigenvalue weighted by atomic mass is 35.5. The molecule has 0 N–H and O–H groups in total. The van der Waals surface area contributed by atoms with Crippen LogP contribution in [0.25, 0.3) is 0 Å². The zero-order valence-electron chi connectivity index (χ0n) is 12.7. The molecule has 1 aromatic heterocycles. The number of likely N-dealkylation sites (N-methyl/N-ethyl adjacent to an activating group) is 1. The second-order valence-electron chi connectivity index (χ2n) is 6.50. The maximum Gasteiger partial charge on any atom is 0.224 e. The molecule has 0 bridgehead atoms. The Hall–Kier alpha value is -1.07. The van der Waals surface area contributed by atoms with Crippen LogP contribution in [0.5, 0.6) is 0 Å². The molecule has 1 aromatic rings. The second kappa shape index (κ2) is 5.97. The number of nitrogens with zero attached hydrogens (tertiary/aromatic N) is 4. The van der Waals surface area contributed by atoms with Crippen LogP contribution in [-0.2, 0) is 11.3 Å². The highest BCUT2D eigenvalue weighted by Gasteiger charge is 2.44. The molecule has 0 aromatic carbocycles. The number of carbonyl (C=O) groups excluding carboxylic acids is 1. The van der Waals surface area contributed by atoms with E-state index >= 15 is 0 Å². The largest absolute Gasteiger partial charge is 0.341 e. The Balaban J connectivity index is 1.55. The molecule has 6 heteroatoms. The van der Waals surface area contributed by atoms with Crippen molar-refractivity contribution < 1.29 is 4.79 Å². The fourth-order valence-corrected chi connectivity index (χ4v) is 3.53. The predicted octanol–water partition coefficient (Wildman–Crippen LogP) is 1.73. The quantitative estimate of drug-likeness (QED) is 0.831. The summed E-state index contributed by atoms with van der Waals surface area (Å²) in [7, 11) is 4.25. The van der Waals surface area contributed by atoms with Crippen molar-refractivity contribution in [2.75, 3.05) is 27.2 Å². The van der Waals surface area contributed by atoms with E-state index < -0.39 is 0 Å². The van der Waals surface area contributed by atoms with Crippen molar-refractivity contribution in [2.24, 2.45) is 11.8 Å². The number of rotatable bonds is 5. The van der Waals surface area contributed by atoms with E-state index in [1.165, 1.54) is 12.8 Å². The maximum absolute atomic E-state index is 12.4. The minimum atomic E-state index is 0.233. The fourth-order valence-electron chi connectivity index (χ4n) is 3.38. The van der Waals surface area contributed by atoms with Crippen molar-refractivity contribution in [3.63, 3.8) is 0 Å². The third kappa shape index (κ3) is 3.40. The van der Waals surface area contributed by atoms with Gasteiger partial charge in [0.2, 0.25) is 5.91 Å². The Kier molecular flexibility index (Phi) is 4.22. The van der Waals surface area contributed by atoms with Crippen LogP contribution in [0.4, 0.5) is 0 Å². The summed E-state index contributed by atoms with van der Waals surface area (Å²) < 4.78 is 1.73. The van der Waals surface area contributed by atoms with Gasteiger partial charge in [-0.3, -0.25) is 9.48 Å². The highest BCUT2D eigenvalue weighted by molar-refractivity contribution is 6.30. The van der Waals surface area contributed by atoms with E-state index in [0.29, 0.717) is 29.9 Å². The summed E-state index contributed by atoms with van der Waals surface area (Å²) in [6.07, 6.45) is 6.53. The molecule has 1 amide bonds. The van der Waals surface area contributed by atoms with Crippen molar-refractivity contribution in [1.29, 1.82) is 0 Å². The van der Waals surface area contributed by atoms with E-state index in [1.807, 2.05) is 4.90 Å². The summed E-state index contributed by atoms with van der Waals surface area (Å²) in [4.78, 5) is 16.7. The Bertz CT molecular complexity index is 502. The first-order valence-corrected chi connectivity index (χ1v) is 8.04. The van der Waals surface area contributed by atoms with E-state index in [2.05, 4.69) is 24.1 Å². The molecule has 0 unspecified atom stereocenters. The zero-order valence-corrected chi connectivity index (χ0v) is 13.5. The molecule has 1 aliphatic heterocycles. The molecular formula is C15H23ClN4O. The zero-order chi connectivity index (χ0) is 15.0. The highest BCUT2D eigenvalue weighted by Crippen LogP contribution is 2.42. The lowest BCUT2D eigenvalue weighted by Crippen LogP contribution is -2.37. The maximum atomic E-state index is 12.4. The Morgan fingerprint density at radius 2 is 2.19 bits per heavy atom. The molecule has 3 rings (SSSR count). The summed E-state index contributed by atoms with van der Waals surface area (Å²) in [5.74, 6) is 1.72. The summed E-state index contributed by atoms with van der Waals surface area (Å²) in [6.45, 7) is 2.39. The van der Waals surface area contributed by atoms with Gasteiger partial charge in [-0.1, -0.05) is 11.6 Å². The van der Waals surface area contributed by atoms with Gasteiger partial charge in [0.05, 0.1) is 11.2 Å². The molecule has 21 heavy (non-hydrogen) atoms. The van der Waals surface area contributed by atoms with Gasteiger partial charge >= 0.3 is 0 Å². The summed E-state index contributed by atoms with van der Waals surface area (Å²) in [5, 5.41) is 4.73. The number of hydrogen-bond donors (Lipinski definition) is 0. The molecule has 1 aliphatic carbocycles. The van der Waals surface area contributed by atoms with Gasteiger partial charge in [-0.2, -0.15) is 5.10 Å². The van der Waals surface area contributed by atoms with E-state index in [9.17, 15) is 4.79 Å². The van der Waals surface area contributed by atoms with Gasteiger partial charge in [0.15, 0.2) is 0 Å². The van der Waals surface area contributed by atoms with E-state index in [0.717, 1.165) is 19.0 Å². The number of aromatic nitrogens is 2. The van der Waals surface area contributed by atoms with Crippen LogP contribution in [0.15, 0.2) is 12.4 Å². The van der Waals surface area contributed by atoms with Gasteiger partial charge in [-0.15, -0.1) is 0 Å². The molecule has 1 saturated heterocycles. The SMILES string of the molecule is CN(C)[C@@H]1CN(C(=O)CCn2cc(Cl)cn2)C[C@H]1C1CC1. The van der Waals surface area contributed by atoms with E-state index in [4.69, 9.17) is 11.6 Å². The Labute approximate surface area is 130 Å². The fraction of sp³-hybridized carbons (Fsp3) is 0.733. The molecular weight excluding hydrogens is 288 g/mol. The van der Waals surface area contributed by atoms with Crippen molar-refractivity contribution >= 4 is 17.5 Å². The normalized spacial score (nSPS) is 25.8. The van der Waals surface area contributed by atoms with Crippen LogP contribution in [-0.4, -0.2) is 58.7 Å². The predicted molar refractivity (Wildman–Crippen MR) is 82.1 cm³/mol. The first kappa shape index (κ1) is 14.9. The molecule has 2 atom stereocenters. The average Bonchev–Trinajstić information content (AvgIpc) is 3.05. The Morgan fingerprint density at radius 3 is 2.76 bits per heavy atom. The summed E-state index contributed by atoms with van der Waals surface area (Å²) >= 11 is 5.83. The number of hydrogen-bond acceptors (Lipinski definition) is 3. The third-order valence-electron chi connectivity index (χ3n) is 4.73. The van der Waals surface area contributed by atoms with Gasteiger partial charge in [0.1, 0.15) is 0 Å². The Morgan fingerprint density at radius 1 is 1.43 bits per heavy atom. The summed E-state index contributed by atoms with van der Waals surface area (Å²) in [5.41, 5.74) is 0. The minimum absolute atomic E-state index is 0.233. The number of halogens is 1. The van der Waals surface area contributed by atoms with Gasteiger partial charge < -0.3 is 9.80 Å². The van der Waals surface area contributed by atoms with Crippen LogP contribution < -0.4 is 0 Å². The third-order valence-corrected chi connectivity index (χ3v) is 4.93. The van der Waals surface area contributed by atoms with E-state index in [1.54, 1.807) is 17.1 Å². The molecule has 5 nitrogen and oxygen atoms in total. The van der Waals surface area contributed by atoms with Crippen molar-refractivity contribution in [3.05, 3.63) is 17.4 Å². The smallest absolute Gasteiger partial charge is 0.224 e. The van der Waals surface area contributed by atoms with Crippen LogP contribution >= 0.6 is 11.6 Å². The summed E-state index contributed by atoms with van der Waals surface area (Å²) in [6, 6.07) is 0.514. The van der Waals surface area contributed by atoms with Gasteiger partial charge in [0.25, 0.3) is 0 Å². The van der Waals surface area contributed by atoms with Gasteiger partial charge in [0, 0.05) is 38.3 Å². The molecule has 2 aliphatic rings. The van der Waals surface area contributed by atoms with Crippen LogP contribution in [0.3, 0.4) is 0 Å². The minimum Gasteiger partial charge on any atom is -0.341 e. The molecule has 0 radical (unpaired) electrons. The molecule has 0 spiro atoms. The molecule has 2 fully saturated rings. The van der Waals surface area contributed by atoms with Crippen LogP contribution in [0.1, 0.15) is 19.3 Å². The van der Waals surface area contributed by atoms with E-state index in [-0.39, 0.29) is 5.91 Å². The average molecular weight is 311 g/mol. The van der Waals surface area contributed by atoms with Crippen molar-refractivity contribution in [1.82, 2.24) is 19.6 Å². The molecule has 2 heterocycles. The number of likely N-dealkylation sites (tertiary alicyclic amines) is 1. The molecule has 1 saturated carbocycles. The topological polar surface area (TPSA) is 41.4 Å². The lowest BCUT2D eigenvalue weighted by molar-refractivity contribution is -0.130. The van der Waals surface area contributed by atoms with Gasteiger partial charge in [-0.05, 0) is 38.8 Å². The first-order valence-electron chi connectivity index (χ1n) is 7.66. The van der Waals surface area contributed by atoms with Crippen molar-refractivity contribution in [3.8, 4) is 0 Å². The van der Waals surface area contributed by atoms with Gasteiger partial charge in [-0.25, -0.2) is 0 Å². The second-order valence-corrected chi connectivity index (χ2v) is 6.94. The van der Waals surface area contributed by atoms with Crippen molar-refractivity contribution in [2.45, 2.75) is 31.8 Å². The number of aryl methyl sites for hydroxylation is 1. The lowest BCUT2D eigenvalue weighted by Gasteiger charge is -2.24. The lowest BCUT2D eigenvalue weighted by atomic mass is 9.97. The van der Waals surface area contributed by atoms with Crippen LogP contribution in [0.2, 0.25) is 5.02 Å². The standard InChI is InChI=1S/C15H23ClN4O/c1-18(2)14-10-19(9-13(14)11-3-4-11)15(21)5-6-20-8-12(16)7-17-20/h7-8,11,13-14H,3-6,9-10H2,1-2H3/t13-,14+/m0/s1. The monoisotopic (exact) mass is 310 g/mol. The number of amides is 1. The first-order chi connectivity index (χ1) is 10.0.